The van der Waals surface area contributed by atoms with E-state index in [0.717, 1.165) is 10.6 Å². The van der Waals surface area contributed by atoms with Crippen molar-refractivity contribution < 1.29 is 22.8 Å². The number of rotatable bonds is 6. The van der Waals surface area contributed by atoms with E-state index in [4.69, 9.17) is 5.73 Å². The second kappa shape index (κ2) is 7.87. The van der Waals surface area contributed by atoms with Crippen molar-refractivity contribution in [2.75, 3.05) is 12.8 Å². The van der Waals surface area contributed by atoms with E-state index in [1.54, 1.807) is 13.8 Å². The Morgan fingerprint density at radius 2 is 2.00 bits per heavy atom. The van der Waals surface area contributed by atoms with Crippen molar-refractivity contribution in [3.8, 4) is 0 Å². The summed E-state index contributed by atoms with van der Waals surface area (Å²) in [7, 11) is -3.47. The zero-order valence-electron chi connectivity index (χ0n) is 13.7. The Kier molecular flexibility index (Phi) is 6.69. The highest BCUT2D eigenvalue weighted by Gasteiger charge is 2.33. The van der Waals surface area contributed by atoms with E-state index >= 15 is 0 Å². The van der Waals surface area contributed by atoms with E-state index in [-0.39, 0.29) is 30.7 Å². The van der Waals surface area contributed by atoms with Gasteiger partial charge in [-0.25, -0.2) is 8.42 Å². The number of carbonyl (C=O) groups excluding carboxylic acids is 3. The van der Waals surface area contributed by atoms with Crippen LogP contribution in [0.1, 0.15) is 39.5 Å². The van der Waals surface area contributed by atoms with Crippen LogP contribution in [0.25, 0.3) is 0 Å². The molecule has 1 saturated heterocycles. The summed E-state index contributed by atoms with van der Waals surface area (Å²) < 4.78 is 24.6. The zero-order chi connectivity index (χ0) is 17.8. The molecule has 0 spiro atoms. The number of carbonyl (C=O) groups is 3. The van der Waals surface area contributed by atoms with Crippen LogP contribution < -0.4 is 11.1 Å². The standard InChI is InChI=1S/C14H25N3O5S/c1-9(14(15)20)4-7-13(19)16-11-6-5-10(2)17(8-12(11)18)23(3,21)22/h9-11H,4-8H2,1-3H3,(H2,15,20)(H,16,19)/t9-,10+,11-/m0/s1. The molecule has 0 bridgehead atoms. The van der Waals surface area contributed by atoms with Crippen molar-refractivity contribution in [1.82, 2.24) is 9.62 Å². The van der Waals surface area contributed by atoms with Crippen LogP contribution in [0.4, 0.5) is 0 Å². The summed E-state index contributed by atoms with van der Waals surface area (Å²) in [4.78, 5) is 35.1. The molecule has 1 heterocycles. The molecule has 0 saturated carbocycles. The Morgan fingerprint density at radius 3 is 2.52 bits per heavy atom. The van der Waals surface area contributed by atoms with Gasteiger partial charge in [0.2, 0.25) is 21.8 Å². The molecule has 0 radical (unpaired) electrons. The first kappa shape index (κ1) is 19.6. The number of ketones is 1. The monoisotopic (exact) mass is 347 g/mol. The Morgan fingerprint density at radius 1 is 1.39 bits per heavy atom. The predicted molar refractivity (Wildman–Crippen MR) is 84.8 cm³/mol. The fourth-order valence-corrected chi connectivity index (χ4v) is 3.61. The van der Waals surface area contributed by atoms with Gasteiger partial charge in [0.25, 0.3) is 0 Å². The maximum atomic E-state index is 12.2. The minimum Gasteiger partial charge on any atom is -0.369 e. The van der Waals surface area contributed by atoms with E-state index in [0.29, 0.717) is 19.3 Å². The zero-order valence-corrected chi connectivity index (χ0v) is 14.6. The summed E-state index contributed by atoms with van der Waals surface area (Å²) in [6.07, 6.45) is 2.36. The Hall–Kier alpha value is -1.48. The third kappa shape index (κ3) is 5.91. The molecule has 0 aromatic heterocycles. The molecule has 1 aliphatic heterocycles. The Balaban J connectivity index is 2.63. The van der Waals surface area contributed by atoms with Crippen molar-refractivity contribution in [1.29, 1.82) is 0 Å². The first-order chi connectivity index (χ1) is 10.5. The number of primary amides is 1. The van der Waals surface area contributed by atoms with Crippen LogP contribution in [0.15, 0.2) is 0 Å². The highest BCUT2D eigenvalue weighted by atomic mass is 32.2. The molecule has 0 unspecified atom stereocenters. The summed E-state index contributed by atoms with van der Waals surface area (Å²) in [6, 6.07) is -0.980. The summed E-state index contributed by atoms with van der Waals surface area (Å²) >= 11 is 0. The molecule has 0 aromatic carbocycles. The van der Waals surface area contributed by atoms with Crippen LogP contribution >= 0.6 is 0 Å². The average molecular weight is 347 g/mol. The Labute approximate surface area is 136 Å². The highest BCUT2D eigenvalue weighted by molar-refractivity contribution is 7.88. The van der Waals surface area contributed by atoms with E-state index in [2.05, 4.69) is 5.32 Å². The van der Waals surface area contributed by atoms with E-state index in [1.807, 2.05) is 0 Å². The van der Waals surface area contributed by atoms with Crippen LogP contribution in [0.5, 0.6) is 0 Å². The predicted octanol–water partition coefficient (Wildman–Crippen LogP) is -0.614. The van der Waals surface area contributed by atoms with Gasteiger partial charge in [0.05, 0.1) is 18.8 Å². The number of hydrogen-bond donors (Lipinski definition) is 2. The van der Waals surface area contributed by atoms with Crippen LogP contribution in [-0.4, -0.2) is 55.2 Å². The van der Waals surface area contributed by atoms with Gasteiger partial charge in [0.1, 0.15) is 0 Å². The second-order valence-corrected chi connectivity index (χ2v) is 8.10. The number of nitrogens with one attached hydrogen (secondary N) is 1. The van der Waals surface area contributed by atoms with E-state index in [9.17, 15) is 22.8 Å². The van der Waals surface area contributed by atoms with Gasteiger partial charge < -0.3 is 11.1 Å². The third-order valence-corrected chi connectivity index (χ3v) is 5.46. The quantitative estimate of drug-likeness (QED) is 0.662. The van der Waals surface area contributed by atoms with Crippen LogP contribution in [0.3, 0.4) is 0 Å². The van der Waals surface area contributed by atoms with Gasteiger partial charge in [0.15, 0.2) is 5.78 Å². The lowest BCUT2D eigenvalue weighted by atomic mass is 10.0. The molecule has 2 amide bonds. The number of Topliss-reactive ketones (excluding diaryl/α,β-unsaturated/α-hetero) is 1. The lowest BCUT2D eigenvalue weighted by Gasteiger charge is -2.23. The topological polar surface area (TPSA) is 127 Å². The average Bonchev–Trinajstić information content (AvgIpc) is 2.57. The maximum Gasteiger partial charge on any atom is 0.220 e. The molecule has 0 aliphatic carbocycles. The lowest BCUT2D eigenvalue weighted by molar-refractivity contribution is -0.128. The first-order valence-electron chi connectivity index (χ1n) is 7.60. The highest BCUT2D eigenvalue weighted by Crippen LogP contribution is 2.18. The summed E-state index contributed by atoms with van der Waals surface area (Å²) in [5.41, 5.74) is 5.13. The van der Waals surface area contributed by atoms with Crippen molar-refractivity contribution in [2.24, 2.45) is 11.7 Å². The van der Waals surface area contributed by atoms with Gasteiger partial charge in [-0.2, -0.15) is 4.31 Å². The number of hydrogen-bond acceptors (Lipinski definition) is 5. The molecule has 132 valence electrons. The number of nitrogens with two attached hydrogens (primary N) is 1. The summed E-state index contributed by atoms with van der Waals surface area (Å²) in [6.45, 7) is 3.15. The van der Waals surface area contributed by atoms with Crippen LogP contribution in [-0.2, 0) is 24.4 Å². The molecule has 0 aromatic rings. The van der Waals surface area contributed by atoms with Crippen LogP contribution in [0, 0.1) is 5.92 Å². The summed E-state index contributed by atoms with van der Waals surface area (Å²) in [5, 5.41) is 2.63. The molecule has 8 nitrogen and oxygen atoms in total. The fourth-order valence-electron chi connectivity index (χ4n) is 2.49. The molecule has 3 N–H and O–H groups in total. The Bertz CT molecular complexity index is 575. The van der Waals surface area contributed by atoms with Gasteiger partial charge in [-0.1, -0.05) is 6.92 Å². The molecular formula is C14H25N3O5S. The molecule has 23 heavy (non-hydrogen) atoms. The molecule has 1 rings (SSSR count). The van der Waals surface area contributed by atoms with Gasteiger partial charge in [-0.05, 0) is 26.2 Å². The minimum atomic E-state index is -3.47. The van der Waals surface area contributed by atoms with Gasteiger partial charge in [-0.15, -0.1) is 0 Å². The van der Waals surface area contributed by atoms with Crippen molar-refractivity contribution in [3.05, 3.63) is 0 Å². The molecule has 1 fully saturated rings. The molecule has 3 atom stereocenters. The number of nitrogens with zero attached hydrogens (tertiary/aromatic N) is 1. The fraction of sp³-hybridized carbons (Fsp3) is 0.786. The number of amides is 2. The molecular weight excluding hydrogens is 322 g/mol. The summed E-state index contributed by atoms with van der Waals surface area (Å²) in [5.74, 6) is -1.54. The van der Waals surface area contributed by atoms with Gasteiger partial charge in [0, 0.05) is 18.4 Å². The van der Waals surface area contributed by atoms with E-state index in [1.165, 1.54) is 0 Å². The normalized spacial score (nSPS) is 24.7. The van der Waals surface area contributed by atoms with Crippen LogP contribution in [0.2, 0.25) is 0 Å². The second-order valence-electron chi connectivity index (χ2n) is 6.16. The van der Waals surface area contributed by atoms with Gasteiger partial charge >= 0.3 is 0 Å². The van der Waals surface area contributed by atoms with E-state index < -0.39 is 27.9 Å². The third-order valence-electron chi connectivity index (χ3n) is 4.12. The van der Waals surface area contributed by atoms with Crippen molar-refractivity contribution in [2.45, 2.75) is 51.6 Å². The minimum absolute atomic E-state index is 0.0965. The maximum absolute atomic E-state index is 12.2. The number of sulfonamides is 1. The van der Waals surface area contributed by atoms with Crippen molar-refractivity contribution in [3.63, 3.8) is 0 Å². The van der Waals surface area contributed by atoms with Crippen molar-refractivity contribution >= 4 is 27.6 Å². The molecule has 1 aliphatic rings. The SMILES string of the molecule is C[C@@H]1CC[C@H](NC(=O)CC[C@H](C)C(N)=O)C(=O)CN1S(C)(=O)=O. The first-order valence-corrected chi connectivity index (χ1v) is 9.45. The lowest BCUT2D eigenvalue weighted by Crippen LogP contribution is -2.45. The largest absolute Gasteiger partial charge is 0.369 e. The van der Waals surface area contributed by atoms with Gasteiger partial charge in [-0.3, -0.25) is 14.4 Å². The smallest absolute Gasteiger partial charge is 0.220 e. The molecule has 9 heteroatoms.